The van der Waals surface area contributed by atoms with E-state index < -0.39 is 11.6 Å². The van der Waals surface area contributed by atoms with Crippen LogP contribution in [-0.4, -0.2) is 0 Å². The number of hydrogen-bond donors (Lipinski definition) is 0. The first-order valence-corrected chi connectivity index (χ1v) is 4.12. The van der Waals surface area contributed by atoms with E-state index in [1.807, 2.05) is 0 Å². The first-order valence-electron chi connectivity index (χ1n) is 4.12. The quantitative estimate of drug-likeness (QED) is 0.650. The smallest absolute Gasteiger partial charge is 0.147 e. The van der Waals surface area contributed by atoms with Crippen LogP contribution in [0.2, 0.25) is 0 Å². The Kier molecular flexibility index (Phi) is 1.77. The van der Waals surface area contributed by atoms with E-state index in [1.54, 1.807) is 6.07 Å². The van der Waals surface area contributed by atoms with Gasteiger partial charge in [-0.25, -0.2) is 8.78 Å². The number of nitriles is 1. The number of halogens is 2. The molecule has 13 heavy (non-hydrogen) atoms. The summed E-state index contributed by atoms with van der Waals surface area (Å²) in [6.07, 6.45) is 1.64. The third-order valence-corrected chi connectivity index (χ3v) is 2.23. The number of benzene rings is 1. The summed E-state index contributed by atoms with van der Waals surface area (Å²) in [5.41, 5.74) is 0.0300. The summed E-state index contributed by atoms with van der Waals surface area (Å²) in [4.78, 5) is 0. The van der Waals surface area contributed by atoms with Crippen molar-refractivity contribution in [3.63, 3.8) is 0 Å². The van der Waals surface area contributed by atoms with Crippen molar-refractivity contribution in [3.8, 4) is 6.07 Å². The van der Waals surface area contributed by atoms with Gasteiger partial charge >= 0.3 is 0 Å². The van der Waals surface area contributed by atoms with Crippen molar-refractivity contribution in [1.82, 2.24) is 0 Å². The van der Waals surface area contributed by atoms with Crippen LogP contribution in [0.1, 0.15) is 29.9 Å². The molecule has 0 spiro atoms. The molecule has 1 saturated carbocycles. The van der Waals surface area contributed by atoms with Gasteiger partial charge in [0.2, 0.25) is 0 Å². The molecule has 1 aromatic carbocycles. The van der Waals surface area contributed by atoms with Crippen molar-refractivity contribution in [2.45, 2.75) is 18.8 Å². The van der Waals surface area contributed by atoms with Crippen LogP contribution in [0.15, 0.2) is 12.1 Å². The van der Waals surface area contributed by atoms with Crippen molar-refractivity contribution >= 4 is 0 Å². The second kappa shape index (κ2) is 2.81. The first kappa shape index (κ1) is 8.18. The summed E-state index contributed by atoms with van der Waals surface area (Å²) in [5, 5.41) is 8.52. The average Bonchev–Trinajstić information content (AvgIpc) is 2.89. The number of hydrogen-bond acceptors (Lipinski definition) is 1. The van der Waals surface area contributed by atoms with E-state index in [0.717, 1.165) is 18.9 Å². The van der Waals surface area contributed by atoms with Gasteiger partial charge in [0.05, 0.1) is 5.56 Å². The van der Waals surface area contributed by atoms with Crippen molar-refractivity contribution in [2.24, 2.45) is 0 Å². The van der Waals surface area contributed by atoms with E-state index in [9.17, 15) is 8.78 Å². The minimum atomic E-state index is -0.676. The van der Waals surface area contributed by atoms with Crippen molar-refractivity contribution in [1.29, 1.82) is 5.26 Å². The number of nitrogens with zero attached hydrogens (tertiary/aromatic N) is 1. The third kappa shape index (κ3) is 1.29. The maximum Gasteiger partial charge on any atom is 0.147 e. The highest BCUT2D eigenvalue weighted by Crippen LogP contribution is 2.42. The van der Waals surface area contributed by atoms with Crippen LogP contribution in [0, 0.1) is 23.0 Å². The van der Waals surface area contributed by atoms with E-state index in [4.69, 9.17) is 5.26 Å². The Morgan fingerprint density at radius 2 is 2.00 bits per heavy atom. The molecule has 0 heterocycles. The molecule has 0 saturated heterocycles. The van der Waals surface area contributed by atoms with Crippen LogP contribution in [-0.2, 0) is 0 Å². The van der Waals surface area contributed by atoms with Crippen LogP contribution >= 0.6 is 0 Å². The molecule has 1 aliphatic carbocycles. The van der Waals surface area contributed by atoms with Gasteiger partial charge in [0.25, 0.3) is 0 Å². The molecule has 3 heteroatoms. The lowest BCUT2D eigenvalue weighted by Crippen LogP contribution is -1.96. The van der Waals surface area contributed by atoms with Crippen LogP contribution in [0.5, 0.6) is 0 Å². The second-order valence-electron chi connectivity index (χ2n) is 3.21. The van der Waals surface area contributed by atoms with Crippen LogP contribution < -0.4 is 0 Å². The normalized spacial score (nSPS) is 15.5. The average molecular weight is 179 g/mol. The lowest BCUT2D eigenvalue weighted by Gasteiger charge is -2.03. The van der Waals surface area contributed by atoms with Crippen molar-refractivity contribution in [2.75, 3.05) is 0 Å². The topological polar surface area (TPSA) is 23.8 Å². The van der Waals surface area contributed by atoms with Gasteiger partial charge in [0.15, 0.2) is 0 Å². The molecule has 0 radical (unpaired) electrons. The molecule has 0 unspecified atom stereocenters. The molecule has 1 aromatic rings. The van der Waals surface area contributed by atoms with Gasteiger partial charge in [0, 0.05) is 5.56 Å². The summed E-state index contributed by atoms with van der Waals surface area (Å²) in [6, 6.07) is 4.04. The van der Waals surface area contributed by atoms with Gasteiger partial charge in [-0.1, -0.05) is 0 Å². The molecule has 0 aromatic heterocycles. The van der Waals surface area contributed by atoms with Gasteiger partial charge in [-0.3, -0.25) is 0 Å². The molecule has 0 atom stereocenters. The van der Waals surface area contributed by atoms with Crippen LogP contribution in [0.4, 0.5) is 8.78 Å². The Morgan fingerprint density at radius 1 is 1.31 bits per heavy atom. The Labute approximate surface area is 74.6 Å². The minimum absolute atomic E-state index is 0.00620. The minimum Gasteiger partial charge on any atom is -0.207 e. The van der Waals surface area contributed by atoms with E-state index in [1.165, 1.54) is 6.07 Å². The molecule has 0 bridgehead atoms. The molecule has 0 N–H and O–H groups in total. The highest BCUT2D eigenvalue weighted by Gasteiger charge is 2.30. The fourth-order valence-corrected chi connectivity index (χ4v) is 1.40. The first-order chi connectivity index (χ1) is 6.24. The molecular formula is C10H7F2N. The predicted octanol–water partition coefficient (Wildman–Crippen LogP) is 2.71. The molecule has 1 fully saturated rings. The molecule has 0 amide bonds. The zero-order chi connectivity index (χ0) is 9.42. The van der Waals surface area contributed by atoms with Gasteiger partial charge in [-0.15, -0.1) is 0 Å². The summed E-state index contributed by atoms with van der Waals surface area (Å²) in [7, 11) is 0. The van der Waals surface area contributed by atoms with E-state index in [2.05, 4.69) is 0 Å². The maximum atomic E-state index is 13.4. The molecular weight excluding hydrogens is 172 g/mol. The summed E-state index contributed by atoms with van der Waals surface area (Å²) < 4.78 is 26.5. The number of rotatable bonds is 1. The summed E-state index contributed by atoms with van der Waals surface area (Å²) in [5.74, 6) is -1.21. The molecule has 1 nitrogen and oxygen atoms in total. The van der Waals surface area contributed by atoms with Crippen LogP contribution in [0.3, 0.4) is 0 Å². The highest BCUT2D eigenvalue weighted by molar-refractivity contribution is 5.38. The lowest BCUT2D eigenvalue weighted by molar-refractivity contribution is 0.554. The van der Waals surface area contributed by atoms with Gasteiger partial charge in [-0.05, 0) is 30.9 Å². The van der Waals surface area contributed by atoms with Crippen molar-refractivity contribution in [3.05, 3.63) is 34.9 Å². The van der Waals surface area contributed by atoms with E-state index >= 15 is 0 Å². The maximum absolute atomic E-state index is 13.4. The monoisotopic (exact) mass is 179 g/mol. The summed E-state index contributed by atoms with van der Waals surface area (Å²) in [6.45, 7) is 0. The predicted molar refractivity (Wildman–Crippen MR) is 43.0 cm³/mol. The van der Waals surface area contributed by atoms with Gasteiger partial charge < -0.3 is 0 Å². The van der Waals surface area contributed by atoms with Crippen molar-refractivity contribution < 1.29 is 8.78 Å². The zero-order valence-corrected chi connectivity index (χ0v) is 6.85. The SMILES string of the molecule is N#Cc1ccc(F)c(C2CC2)c1F. The second-order valence-corrected chi connectivity index (χ2v) is 3.21. The molecule has 2 rings (SSSR count). The molecule has 0 aliphatic heterocycles. The van der Waals surface area contributed by atoms with Gasteiger partial charge in [0.1, 0.15) is 17.7 Å². The highest BCUT2D eigenvalue weighted by atomic mass is 19.1. The standard InChI is InChI=1S/C10H7F2N/c11-8-4-3-7(5-13)10(12)9(8)6-1-2-6/h3-4,6H,1-2H2. The Bertz CT molecular complexity index is 389. The largest absolute Gasteiger partial charge is 0.207 e. The molecule has 1 aliphatic rings. The van der Waals surface area contributed by atoms with Crippen LogP contribution in [0.25, 0.3) is 0 Å². The Morgan fingerprint density at radius 3 is 2.54 bits per heavy atom. The summed E-state index contributed by atoms with van der Waals surface area (Å²) >= 11 is 0. The fourth-order valence-electron chi connectivity index (χ4n) is 1.40. The molecule has 66 valence electrons. The Hall–Kier alpha value is -1.43. The third-order valence-electron chi connectivity index (χ3n) is 2.23. The lowest BCUT2D eigenvalue weighted by atomic mass is 10.1. The van der Waals surface area contributed by atoms with E-state index in [-0.39, 0.29) is 17.0 Å². The fraction of sp³-hybridized carbons (Fsp3) is 0.300. The van der Waals surface area contributed by atoms with E-state index in [0.29, 0.717) is 0 Å². The zero-order valence-electron chi connectivity index (χ0n) is 6.85. The van der Waals surface area contributed by atoms with Gasteiger partial charge in [-0.2, -0.15) is 5.26 Å². The Balaban J connectivity index is 2.58.